The van der Waals surface area contributed by atoms with Crippen LogP contribution in [0.3, 0.4) is 0 Å². The van der Waals surface area contributed by atoms with Gasteiger partial charge in [-0.2, -0.15) is 0 Å². The molecular weight excluding hydrogens is 389 g/mol. The van der Waals surface area contributed by atoms with Crippen LogP contribution in [0, 0.1) is 0 Å². The zero-order valence-corrected chi connectivity index (χ0v) is 16.7. The first kappa shape index (κ1) is 18.7. The zero-order valence-electron chi connectivity index (χ0n) is 15.2. The second-order valence-corrected chi connectivity index (χ2v) is 7.33. The van der Waals surface area contributed by atoms with E-state index in [-0.39, 0.29) is 0 Å². The van der Waals surface area contributed by atoms with Gasteiger partial charge in [-0.05, 0) is 40.6 Å². The van der Waals surface area contributed by atoms with Gasteiger partial charge in [-0.3, -0.25) is 0 Å². The van der Waals surface area contributed by atoms with Gasteiger partial charge in [0.1, 0.15) is 12.4 Å². The number of hydrogen-bond donors (Lipinski definition) is 1. The average Bonchev–Trinajstić information content (AvgIpc) is 2.74. The molecule has 0 radical (unpaired) electrons. The molecule has 0 aliphatic rings. The Morgan fingerprint density at radius 3 is 2.36 bits per heavy atom. The lowest BCUT2D eigenvalue weighted by Crippen LogP contribution is -2.04. The van der Waals surface area contributed by atoms with Crippen LogP contribution in [0.4, 0.5) is 5.69 Å². The average molecular weight is 408 g/mol. The van der Waals surface area contributed by atoms with Crippen LogP contribution in [-0.2, 0) is 13.2 Å². The zero-order chi connectivity index (χ0) is 19.3. The first-order chi connectivity index (χ1) is 13.7. The van der Waals surface area contributed by atoms with Crippen molar-refractivity contribution < 1.29 is 4.74 Å². The number of hydrogen-bond acceptors (Lipinski definition) is 2. The Bertz CT molecular complexity index is 1100. The lowest BCUT2D eigenvalue weighted by atomic mass is 10.0. The van der Waals surface area contributed by atoms with Crippen LogP contribution in [0.15, 0.2) is 84.9 Å². The van der Waals surface area contributed by atoms with Gasteiger partial charge < -0.3 is 10.1 Å². The molecule has 0 unspecified atom stereocenters. The third-order valence-electron chi connectivity index (χ3n) is 4.62. The summed E-state index contributed by atoms with van der Waals surface area (Å²) in [7, 11) is 0. The molecule has 0 heterocycles. The molecule has 4 rings (SSSR count). The molecule has 140 valence electrons. The van der Waals surface area contributed by atoms with Gasteiger partial charge in [-0.15, -0.1) is 0 Å². The fraction of sp³-hybridized carbons (Fsp3) is 0.0833. The summed E-state index contributed by atoms with van der Waals surface area (Å²) in [5.41, 5.74) is 3.16. The van der Waals surface area contributed by atoms with Crippen molar-refractivity contribution in [2.45, 2.75) is 13.2 Å². The van der Waals surface area contributed by atoms with Gasteiger partial charge in [0.05, 0.1) is 10.0 Å². The van der Waals surface area contributed by atoms with Crippen LogP contribution in [-0.4, -0.2) is 0 Å². The fourth-order valence-electron chi connectivity index (χ4n) is 3.17. The highest BCUT2D eigenvalue weighted by molar-refractivity contribution is 6.42. The summed E-state index contributed by atoms with van der Waals surface area (Å²) in [6.45, 7) is 1.14. The van der Waals surface area contributed by atoms with Crippen LogP contribution in [0.5, 0.6) is 5.75 Å². The van der Waals surface area contributed by atoms with Crippen molar-refractivity contribution in [3.05, 3.63) is 106 Å². The summed E-state index contributed by atoms with van der Waals surface area (Å²) in [4.78, 5) is 0. The summed E-state index contributed by atoms with van der Waals surface area (Å²) in [6.07, 6.45) is 0. The summed E-state index contributed by atoms with van der Waals surface area (Å²) in [5.74, 6) is 0.870. The molecule has 0 aliphatic heterocycles. The lowest BCUT2D eigenvalue weighted by molar-refractivity contribution is 0.304. The minimum atomic E-state index is 0.527. The Labute approximate surface area is 174 Å². The maximum absolute atomic E-state index is 6.18. The number of fused-ring (bicyclic) bond motifs is 1. The quantitative estimate of drug-likeness (QED) is 0.360. The Balaban J connectivity index is 1.62. The van der Waals surface area contributed by atoms with Crippen molar-refractivity contribution in [1.82, 2.24) is 0 Å². The molecule has 0 bridgehead atoms. The van der Waals surface area contributed by atoms with Crippen molar-refractivity contribution >= 4 is 39.7 Å². The lowest BCUT2D eigenvalue weighted by Gasteiger charge is -2.16. The molecule has 4 aromatic rings. The molecule has 28 heavy (non-hydrogen) atoms. The Morgan fingerprint density at radius 2 is 1.54 bits per heavy atom. The standard InChI is InChI=1S/C24H19Cl2NO/c25-22-12-11-19(14-23(22)26)27-15-21-20-9-5-4-8-18(20)10-13-24(21)28-16-17-6-2-1-3-7-17/h1-14,27H,15-16H2. The maximum Gasteiger partial charge on any atom is 0.125 e. The number of benzene rings is 4. The molecule has 0 fully saturated rings. The number of anilines is 1. The van der Waals surface area contributed by atoms with Crippen molar-refractivity contribution in [2.24, 2.45) is 0 Å². The van der Waals surface area contributed by atoms with E-state index in [1.54, 1.807) is 6.07 Å². The van der Waals surface area contributed by atoms with Crippen LogP contribution >= 0.6 is 23.2 Å². The predicted octanol–water partition coefficient (Wildman–Crippen LogP) is 7.34. The number of ether oxygens (including phenoxy) is 1. The molecule has 2 nitrogen and oxygen atoms in total. The minimum absolute atomic E-state index is 0.527. The Hall–Kier alpha value is -2.68. The molecule has 0 saturated carbocycles. The monoisotopic (exact) mass is 407 g/mol. The van der Waals surface area contributed by atoms with Gasteiger partial charge >= 0.3 is 0 Å². The predicted molar refractivity (Wildman–Crippen MR) is 119 cm³/mol. The summed E-state index contributed by atoms with van der Waals surface area (Å²) in [6, 6.07) is 28.2. The van der Waals surface area contributed by atoms with Crippen molar-refractivity contribution in [3.8, 4) is 5.75 Å². The van der Waals surface area contributed by atoms with E-state index in [2.05, 4.69) is 35.6 Å². The van der Waals surface area contributed by atoms with E-state index >= 15 is 0 Å². The highest BCUT2D eigenvalue weighted by Crippen LogP contribution is 2.31. The van der Waals surface area contributed by atoms with Gasteiger partial charge in [0.25, 0.3) is 0 Å². The third kappa shape index (κ3) is 4.24. The van der Waals surface area contributed by atoms with E-state index in [1.807, 2.05) is 48.5 Å². The van der Waals surface area contributed by atoms with Crippen molar-refractivity contribution in [3.63, 3.8) is 0 Å². The molecular formula is C24H19Cl2NO. The largest absolute Gasteiger partial charge is 0.489 e. The van der Waals surface area contributed by atoms with Crippen LogP contribution < -0.4 is 10.1 Å². The molecule has 0 amide bonds. The summed E-state index contributed by atoms with van der Waals surface area (Å²) in [5, 5.41) is 6.86. The molecule has 4 aromatic carbocycles. The minimum Gasteiger partial charge on any atom is -0.489 e. The van der Waals surface area contributed by atoms with Gasteiger partial charge in [0.15, 0.2) is 0 Å². The van der Waals surface area contributed by atoms with E-state index in [9.17, 15) is 0 Å². The van der Waals surface area contributed by atoms with Gasteiger partial charge in [-0.25, -0.2) is 0 Å². The molecule has 0 atom stereocenters. The smallest absolute Gasteiger partial charge is 0.125 e. The Kier molecular flexibility index (Phi) is 5.70. The summed E-state index contributed by atoms with van der Waals surface area (Å²) < 4.78 is 6.18. The molecule has 0 spiro atoms. The Morgan fingerprint density at radius 1 is 0.750 bits per heavy atom. The maximum atomic E-state index is 6.18. The van der Waals surface area contributed by atoms with Gasteiger partial charge in [-0.1, -0.05) is 83.9 Å². The first-order valence-electron chi connectivity index (χ1n) is 9.07. The topological polar surface area (TPSA) is 21.3 Å². The number of rotatable bonds is 6. The fourth-order valence-corrected chi connectivity index (χ4v) is 3.46. The van der Waals surface area contributed by atoms with Gasteiger partial charge in [0, 0.05) is 17.8 Å². The van der Waals surface area contributed by atoms with Crippen LogP contribution in [0.1, 0.15) is 11.1 Å². The highest BCUT2D eigenvalue weighted by Gasteiger charge is 2.10. The van der Waals surface area contributed by atoms with Gasteiger partial charge in [0.2, 0.25) is 0 Å². The van der Waals surface area contributed by atoms with Crippen molar-refractivity contribution in [2.75, 3.05) is 5.32 Å². The van der Waals surface area contributed by atoms with Crippen LogP contribution in [0.2, 0.25) is 10.0 Å². The number of nitrogens with one attached hydrogen (secondary N) is 1. The third-order valence-corrected chi connectivity index (χ3v) is 5.36. The highest BCUT2D eigenvalue weighted by atomic mass is 35.5. The second kappa shape index (κ2) is 8.55. The number of halogens is 2. The second-order valence-electron chi connectivity index (χ2n) is 6.52. The van der Waals surface area contributed by atoms with Crippen molar-refractivity contribution in [1.29, 1.82) is 0 Å². The van der Waals surface area contributed by atoms with E-state index < -0.39 is 0 Å². The molecule has 1 N–H and O–H groups in total. The first-order valence-corrected chi connectivity index (χ1v) is 9.82. The van der Waals surface area contributed by atoms with E-state index in [4.69, 9.17) is 27.9 Å². The molecule has 0 aliphatic carbocycles. The molecule has 0 aromatic heterocycles. The molecule has 0 saturated heterocycles. The molecule has 4 heteroatoms. The van der Waals surface area contributed by atoms with E-state index in [0.717, 1.165) is 22.6 Å². The van der Waals surface area contributed by atoms with Crippen LogP contribution in [0.25, 0.3) is 10.8 Å². The van der Waals surface area contributed by atoms with E-state index in [0.29, 0.717) is 23.2 Å². The SMILES string of the molecule is Clc1ccc(NCc2c(OCc3ccccc3)ccc3ccccc23)cc1Cl. The normalized spacial score (nSPS) is 10.8. The van der Waals surface area contributed by atoms with E-state index in [1.165, 1.54) is 10.8 Å². The summed E-state index contributed by atoms with van der Waals surface area (Å²) >= 11 is 12.2.